The zero-order valence-corrected chi connectivity index (χ0v) is 11.6. The third kappa shape index (κ3) is 6.82. The number of hydrogen-bond acceptors (Lipinski definition) is 2. The van der Waals surface area contributed by atoms with Gasteiger partial charge in [-0.1, -0.05) is 57.2 Å². The number of amides is 2. The van der Waals surface area contributed by atoms with Crippen molar-refractivity contribution in [2.45, 2.75) is 45.4 Å². The van der Waals surface area contributed by atoms with Crippen LogP contribution in [0.25, 0.3) is 0 Å². The molecule has 0 radical (unpaired) electrons. The summed E-state index contributed by atoms with van der Waals surface area (Å²) in [6.45, 7) is 2.56. The first kappa shape index (κ1) is 15.5. The summed E-state index contributed by atoms with van der Waals surface area (Å²) in [5.41, 5.74) is 0.689. The van der Waals surface area contributed by atoms with Gasteiger partial charge in [0.25, 0.3) is 0 Å². The molecule has 0 aliphatic rings. The van der Waals surface area contributed by atoms with Gasteiger partial charge in [-0.25, -0.2) is 9.86 Å². The normalized spacial score (nSPS) is 10.2. The highest BCUT2D eigenvalue weighted by molar-refractivity contribution is 5.88. The highest BCUT2D eigenvalue weighted by atomic mass is 16.5. The summed E-state index contributed by atoms with van der Waals surface area (Å²) in [5, 5.41) is 13.0. The van der Waals surface area contributed by atoms with E-state index in [1.54, 1.807) is 12.1 Å². The van der Waals surface area contributed by atoms with Crippen LogP contribution in [0.5, 0.6) is 0 Å². The van der Waals surface area contributed by atoms with E-state index in [0.29, 0.717) is 12.2 Å². The summed E-state index contributed by atoms with van der Waals surface area (Å²) in [7, 11) is 0. The number of nitrogens with zero attached hydrogens (tertiary/aromatic N) is 1. The molecule has 4 nitrogen and oxygen atoms in total. The van der Waals surface area contributed by atoms with Crippen molar-refractivity contribution in [3.05, 3.63) is 30.3 Å². The molecule has 0 atom stereocenters. The van der Waals surface area contributed by atoms with Gasteiger partial charge < -0.3 is 5.32 Å². The van der Waals surface area contributed by atoms with E-state index in [2.05, 4.69) is 12.2 Å². The lowest BCUT2D eigenvalue weighted by Crippen LogP contribution is -2.32. The van der Waals surface area contributed by atoms with Gasteiger partial charge in [0.15, 0.2) is 0 Å². The number of anilines is 1. The lowest BCUT2D eigenvalue weighted by atomic mass is 10.1. The van der Waals surface area contributed by atoms with E-state index in [1.807, 2.05) is 18.2 Å². The lowest BCUT2D eigenvalue weighted by Gasteiger charge is -2.15. The summed E-state index contributed by atoms with van der Waals surface area (Å²) in [5.74, 6) is 0. The monoisotopic (exact) mass is 264 g/mol. The second-order valence-electron chi connectivity index (χ2n) is 4.69. The highest BCUT2D eigenvalue weighted by Crippen LogP contribution is 2.08. The van der Waals surface area contributed by atoms with Crippen LogP contribution in [0.3, 0.4) is 0 Å². The Kier molecular flexibility index (Phi) is 7.66. The van der Waals surface area contributed by atoms with E-state index in [4.69, 9.17) is 0 Å². The molecule has 1 aromatic carbocycles. The highest BCUT2D eigenvalue weighted by Gasteiger charge is 2.09. The molecule has 0 aromatic heterocycles. The van der Waals surface area contributed by atoms with E-state index in [9.17, 15) is 10.0 Å². The zero-order chi connectivity index (χ0) is 13.9. The van der Waals surface area contributed by atoms with Crippen LogP contribution in [0.15, 0.2) is 30.3 Å². The predicted molar refractivity (Wildman–Crippen MR) is 77.3 cm³/mol. The third-order valence-electron chi connectivity index (χ3n) is 2.98. The number of carbonyl (C=O) groups is 1. The first-order valence-corrected chi connectivity index (χ1v) is 7.06. The van der Waals surface area contributed by atoms with Crippen molar-refractivity contribution in [1.82, 2.24) is 5.06 Å². The molecule has 0 fully saturated rings. The Morgan fingerprint density at radius 2 is 1.74 bits per heavy atom. The van der Waals surface area contributed by atoms with E-state index < -0.39 is 6.03 Å². The lowest BCUT2D eigenvalue weighted by molar-refractivity contribution is -0.0382. The van der Waals surface area contributed by atoms with Crippen molar-refractivity contribution in [2.75, 3.05) is 11.9 Å². The maximum absolute atomic E-state index is 11.6. The van der Waals surface area contributed by atoms with Gasteiger partial charge in [-0.05, 0) is 18.6 Å². The molecule has 1 aromatic rings. The number of hydroxylamine groups is 2. The Morgan fingerprint density at radius 3 is 2.42 bits per heavy atom. The third-order valence-corrected chi connectivity index (χ3v) is 2.98. The molecule has 19 heavy (non-hydrogen) atoms. The summed E-state index contributed by atoms with van der Waals surface area (Å²) in [6.07, 6.45) is 6.78. The van der Waals surface area contributed by atoms with Gasteiger partial charge in [0.2, 0.25) is 0 Å². The molecule has 0 spiro atoms. The summed E-state index contributed by atoms with van der Waals surface area (Å²) >= 11 is 0. The molecule has 106 valence electrons. The van der Waals surface area contributed by atoms with Gasteiger partial charge in [-0.15, -0.1) is 0 Å². The van der Waals surface area contributed by atoms with Crippen molar-refractivity contribution in [3.8, 4) is 0 Å². The molecular weight excluding hydrogens is 240 g/mol. The van der Waals surface area contributed by atoms with Gasteiger partial charge in [-0.3, -0.25) is 5.21 Å². The molecule has 0 saturated carbocycles. The van der Waals surface area contributed by atoms with E-state index in [1.165, 1.54) is 25.7 Å². The Balaban J connectivity index is 2.15. The predicted octanol–water partition coefficient (Wildman–Crippen LogP) is 4.27. The van der Waals surface area contributed by atoms with Crippen LogP contribution in [-0.4, -0.2) is 22.8 Å². The van der Waals surface area contributed by atoms with Gasteiger partial charge in [0, 0.05) is 5.69 Å². The minimum Gasteiger partial charge on any atom is -0.306 e. The quantitative estimate of drug-likeness (QED) is 0.418. The first-order chi connectivity index (χ1) is 9.24. The van der Waals surface area contributed by atoms with E-state index in [-0.39, 0.29) is 0 Å². The van der Waals surface area contributed by atoms with Crippen LogP contribution in [0, 0.1) is 0 Å². The fraction of sp³-hybridized carbons (Fsp3) is 0.533. The average molecular weight is 264 g/mol. The Morgan fingerprint density at radius 1 is 1.11 bits per heavy atom. The van der Waals surface area contributed by atoms with Crippen molar-refractivity contribution >= 4 is 11.7 Å². The smallest absolute Gasteiger partial charge is 0.306 e. The van der Waals surface area contributed by atoms with Crippen LogP contribution in [0.1, 0.15) is 45.4 Å². The van der Waals surface area contributed by atoms with Gasteiger partial charge in [-0.2, -0.15) is 0 Å². The number of benzene rings is 1. The molecular formula is C15H24N2O2. The van der Waals surface area contributed by atoms with Crippen LogP contribution in [-0.2, 0) is 0 Å². The standard InChI is InChI=1S/C15H24N2O2/c1-2-3-4-5-6-10-13-17(19)15(18)16-14-11-8-7-9-12-14/h7-9,11-12,19H,2-6,10,13H2,1H3,(H,16,18). The van der Waals surface area contributed by atoms with Crippen LogP contribution in [0.2, 0.25) is 0 Å². The minimum atomic E-state index is -0.472. The molecule has 0 aliphatic carbocycles. The van der Waals surface area contributed by atoms with Gasteiger partial charge >= 0.3 is 6.03 Å². The van der Waals surface area contributed by atoms with Crippen molar-refractivity contribution in [1.29, 1.82) is 0 Å². The average Bonchev–Trinajstić information content (AvgIpc) is 2.43. The van der Waals surface area contributed by atoms with Crippen LogP contribution >= 0.6 is 0 Å². The van der Waals surface area contributed by atoms with Crippen molar-refractivity contribution < 1.29 is 10.0 Å². The Hall–Kier alpha value is -1.55. The topological polar surface area (TPSA) is 52.6 Å². The number of carbonyl (C=O) groups excluding carboxylic acids is 1. The number of unbranched alkanes of at least 4 members (excludes halogenated alkanes) is 5. The fourth-order valence-corrected chi connectivity index (χ4v) is 1.85. The number of nitrogens with one attached hydrogen (secondary N) is 1. The Bertz CT molecular complexity index is 354. The molecule has 0 aliphatic heterocycles. The second-order valence-corrected chi connectivity index (χ2v) is 4.69. The molecule has 0 unspecified atom stereocenters. The molecule has 0 saturated heterocycles. The zero-order valence-electron chi connectivity index (χ0n) is 11.6. The van der Waals surface area contributed by atoms with E-state index in [0.717, 1.165) is 17.9 Å². The van der Waals surface area contributed by atoms with Crippen molar-refractivity contribution in [3.63, 3.8) is 0 Å². The number of rotatable bonds is 8. The minimum absolute atomic E-state index is 0.380. The summed E-state index contributed by atoms with van der Waals surface area (Å²) in [4.78, 5) is 11.6. The van der Waals surface area contributed by atoms with Crippen LogP contribution in [0.4, 0.5) is 10.5 Å². The van der Waals surface area contributed by atoms with Crippen LogP contribution < -0.4 is 5.32 Å². The Labute approximate surface area is 115 Å². The van der Waals surface area contributed by atoms with Gasteiger partial charge in [0.1, 0.15) is 0 Å². The first-order valence-electron chi connectivity index (χ1n) is 7.06. The molecule has 2 N–H and O–H groups in total. The summed E-state index contributed by atoms with van der Waals surface area (Å²) < 4.78 is 0. The maximum atomic E-state index is 11.6. The molecule has 0 bridgehead atoms. The number of para-hydroxylation sites is 1. The van der Waals surface area contributed by atoms with E-state index >= 15 is 0 Å². The van der Waals surface area contributed by atoms with Gasteiger partial charge in [0.05, 0.1) is 6.54 Å². The molecule has 2 amide bonds. The SMILES string of the molecule is CCCCCCCCN(O)C(=O)Nc1ccccc1. The summed E-state index contributed by atoms with van der Waals surface area (Å²) in [6, 6.07) is 8.66. The van der Waals surface area contributed by atoms with Crippen molar-refractivity contribution in [2.24, 2.45) is 0 Å². The molecule has 4 heteroatoms. The number of urea groups is 1. The number of hydrogen-bond donors (Lipinski definition) is 2. The second kappa shape index (κ2) is 9.39. The maximum Gasteiger partial charge on any atom is 0.345 e. The molecule has 0 heterocycles. The largest absolute Gasteiger partial charge is 0.345 e. The molecule has 1 rings (SSSR count). The fourth-order valence-electron chi connectivity index (χ4n) is 1.85.